The molecule has 1 atom stereocenters. The van der Waals surface area contributed by atoms with Crippen LogP contribution < -0.4 is 5.73 Å². The molecule has 1 aliphatic rings. The third-order valence-corrected chi connectivity index (χ3v) is 4.57. The number of nitrogens with zero attached hydrogens (tertiary/aromatic N) is 1. The van der Waals surface area contributed by atoms with Gasteiger partial charge >= 0.3 is 0 Å². The average molecular weight is 339 g/mol. The van der Waals surface area contributed by atoms with Crippen molar-refractivity contribution in [2.24, 2.45) is 5.92 Å². The maximum atomic E-state index is 12.6. The molecule has 0 bridgehead atoms. The minimum absolute atomic E-state index is 0.0761. The summed E-state index contributed by atoms with van der Waals surface area (Å²) in [7, 11) is 0. The molecule has 0 spiro atoms. The summed E-state index contributed by atoms with van der Waals surface area (Å²) in [4.78, 5) is 14.5. The number of likely N-dealkylation sites (tertiary alicyclic amines) is 1. The lowest BCUT2D eigenvalue weighted by Crippen LogP contribution is -2.32. The molecule has 1 heterocycles. The summed E-state index contributed by atoms with van der Waals surface area (Å²) in [6.07, 6.45) is 5.98. The van der Waals surface area contributed by atoms with Gasteiger partial charge in [0.25, 0.3) is 5.91 Å². The van der Waals surface area contributed by atoms with Crippen LogP contribution in [0.2, 0.25) is 0 Å². The fourth-order valence-corrected chi connectivity index (χ4v) is 3.34. The smallest absolute Gasteiger partial charge is 0.255 e. The molecule has 1 aliphatic heterocycles. The van der Waals surface area contributed by atoms with Gasteiger partial charge in [0.1, 0.15) is 0 Å². The number of benzene rings is 1. The normalized spacial score (nSPS) is 19.7. The number of carbonyl (C=O) groups excluding carboxylic acids is 1. The van der Waals surface area contributed by atoms with E-state index in [2.05, 4.69) is 22.9 Å². The lowest BCUT2D eigenvalue weighted by atomic mass is 9.96. The number of nitrogens with two attached hydrogens (primary N) is 1. The molecular formula is C16H23BrN2O. The van der Waals surface area contributed by atoms with E-state index >= 15 is 0 Å². The van der Waals surface area contributed by atoms with Crippen LogP contribution in [0.5, 0.6) is 0 Å². The van der Waals surface area contributed by atoms with E-state index in [9.17, 15) is 4.79 Å². The predicted octanol–water partition coefficient (Wildman–Crippen LogP) is 4.07. The number of halogens is 1. The first-order chi connectivity index (χ1) is 9.61. The van der Waals surface area contributed by atoms with Crippen LogP contribution >= 0.6 is 15.9 Å². The third-order valence-electron chi connectivity index (χ3n) is 4.08. The Morgan fingerprint density at radius 3 is 2.90 bits per heavy atom. The summed E-state index contributed by atoms with van der Waals surface area (Å²) in [5.74, 6) is 0.854. The first-order valence-corrected chi connectivity index (χ1v) is 8.25. The van der Waals surface area contributed by atoms with Gasteiger partial charge in [0.05, 0.1) is 5.56 Å². The van der Waals surface area contributed by atoms with Crippen LogP contribution in [0.15, 0.2) is 22.7 Å². The van der Waals surface area contributed by atoms with Crippen LogP contribution in [0.1, 0.15) is 49.4 Å². The standard InChI is InChI=1S/C16H23BrN2O/c1-2-4-12-5-3-9-19(10-8-12)16(20)14-7-6-13(17)11-15(14)18/h6-7,11-12H,2-5,8-10,18H2,1H3. The van der Waals surface area contributed by atoms with Crippen LogP contribution in [-0.2, 0) is 0 Å². The average Bonchev–Trinajstić information content (AvgIpc) is 2.64. The molecule has 0 aromatic heterocycles. The molecule has 110 valence electrons. The Labute approximate surface area is 129 Å². The Morgan fingerprint density at radius 1 is 1.40 bits per heavy atom. The van der Waals surface area contributed by atoms with Crippen LogP contribution in [0.25, 0.3) is 0 Å². The van der Waals surface area contributed by atoms with Crippen molar-refractivity contribution in [1.82, 2.24) is 4.90 Å². The first-order valence-electron chi connectivity index (χ1n) is 7.46. The number of carbonyl (C=O) groups is 1. The van der Waals surface area contributed by atoms with Gasteiger partial charge < -0.3 is 10.6 Å². The zero-order chi connectivity index (χ0) is 14.5. The fourth-order valence-electron chi connectivity index (χ4n) is 2.96. The van der Waals surface area contributed by atoms with Gasteiger partial charge in [-0.25, -0.2) is 0 Å². The molecule has 2 rings (SSSR count). The molecule has 1 unspecified atom stereocenters. The van der Waals surface area contributed by atoms with E-state index in [1.54, 1.807) is 6.07 Å². The second kappa shape index (κ2) is 7.11. The summed E-state index contributed by atoms with van der Waals surface area (Å²) < 4.78 is 0.908. The fraction of sp³-hybridized carbons (Fsp3) is 0.562. The quantitative estimate of drug-likeness (QED) is 0.844. The Kier molecular flexibility index (Phi) is 5.46. The lowest BCUT2D eigenvalue weighted by Gasteiger charge is -2.21. The Morgan fingerprint density at radius 2 is 2.20 bits per heavy atom. The van der Waals surface area contributed by atoms with Gasteiger partial charge in [-0.1, -0.05) is 35.7 Å². The van der Waals surface area contributed by atoms with E-state index in [-0.39, 0.29) is 5.91 Å². The first kappa shape index (κ1) is 15.4. The molecule has 1 fully saturated rings. The molecule has 1 aromatic carbocycles. The number of hydrogen-bond acceptors (Lipinski definition) is 2. The van der Waals surface area contributed by atoms with Gasteiger partial charge in [-0.3, -0.25) is 4.79 Å². The van der Waals surface area contributed by atoms with E-state index in [4.69, 9.17) is 5.73 Å². The molecule has 0 radical (unpaired) electrons. The Bertz CT molecular complexity index is 476. The van der Waals surface area contributed by atoms with E-state index in [0.29, 0.717) is 11.3 Å². The Hall–Kier alpha value is -1.03. The predicted molar refractivity (Wildman–Crippen MR) is 86.7 cm³/mol. The second-order valence-electron chi connectivity index (χ2n) is 5.61. The minimum Gasteiger partial charge on any atom is -0.398 e. The molecule has 3 nitrogen and oxygen atoms in total. The largest absolute Gasteiger partial charge is 0.398 e. The number of amides is 1. The molecular weight excluding hydrogens is 316 g/mol. The maximum absolute atomic E-state index is 12.6. The van der Waals surface area contributed by atoms with Gasteiger partial charge in [0.15, 0.2) is 0 Å². The monoisotopic (exact) mass is 338 g/mol. The highest BCUT2D eigenvalue weighted by molar-refractivity contribution is 9.10. The van der Waals surface area contributed by atoms with Gasteiger partial charge in [0, 0.05) is 23.2 Å². The van der Waals surface area contributed by atoms with Crippen LogP contribution in [0.4, 0.5) is 5.69 Å². The molecule has 1 saturated heterocycles. The van der Waals surface area contributed by atoms with Crippen molar-refractivity contribution >= 4 is 27.5 Å². The SMILES string of the molecule is CCCC1CCCN(C(=O)c2ccc(Br)cc2N)CC1. The summed E-state index contributed by atoms with van der Waals surface area (Å²) in [5.41, 5.74) is 7.15. The van der Waals surface area contributed by atoms with Gasteiger partial charge in [-0.05, 0) is 43.4 Å². The molecule has 2 N–H and O–H groups in total. The van der Waals surface area contributed by atoms with Crippen molar-refractivity contribution in [3.63, 3.8) is 0 Å². The van der Waals surface area contributed by atoms with E-state index in [0.717, 1.165) is 36.3 Å². The van der Waals surface area contributed by atoms with E-state index in [1.807, 2.05) is 17.0 Å². The maximum Gasteiger partial charge on any atom is 0.255 e. The number of hydrogen-bond donors (Lipinski definition) is 1. The van der Waals surface area contributed by atoms with Crippen LogP contribution in [0, 0.1) is 5.92 Å². The zero-order valence-electron chi connectivity index (χ0n) is 12.1. The van der Waals surface area contributed by atoms with Crippen LogP contribution in [0.3, 0.4) is 0 Å². The lowest BCUT2D eigenvalue weighted by molar-refractivity contribution is 0.0761. The number of rotatable bonds is 3. The minimum atomic E-state index is 0.0761. The van der Waals surface area contributed by atoms with Crippen molar-refractivity contribution in [2.45, 2.75) is 39.0 Å². The van der Waals surface area contributed by atoms with Crippen molar-refractivity contribution < 1.29 is 4.79 Å². The molecule has 0 aliphatic carbocycles. The summed E-state index contributed by atoms with van der Waals surface area (Å²) in [6.45, 7) is 3.95. The van der Waals surface area contributed by atoms with Gasteiger partial charge in [0.2, 0.25) is 0 Å². The highest BCUT2D eigenvalue weighted by atomic mass is 79.9. The van der Waals surface area contributed by atoms with Crippen molar-refractivity contribution in [3.8, 4) is 0 Å². The number of nitrogen functional groups attached to an aromatic ring is 1. The van der Waals surface area contributed by atoms with Crippen molar-refractivity contribution in [1.29, 1.82) is 0 Å². The number of anilines is 1. The summed E-state index contributed by atoms with van der Waals surface area (Å²) >= 11 is 3.37. The van der Waals surface area contributed by atoms with E-state index < -0.39 is 0 Å². The molecule has 20 heavy (non-hydrogen) atoms. The topological polar surface area (TPSA) is 46.3 Å². The van der Waals surface area contributed by atoms with Crippen LogP contribution in [-0.4, -0.2) is 23.9 Å². The highest BCUT2D eigenvalue weighted by Crippen LogP contribution is 2.25. The second-order valence-corrected chi connectivity index (χ2v) is 6.53. The van der Waals surface area contributed by atoms with Crippen molar-refractivity contribution in [2.75, 3.05) is 18.8 Å². The van der Waals surface area contributed by atoms with Crippen molar-refractivity contribution in [3.05, 3.63) is 28.2 Å². The molecule has 0 saturated carbocycles. The van der Waals surface area contributed by atoms with Gasteiger partial charge in [-0.15, -0.1) is 0 Å². The highest BCUT2D eigenvalue weighted by Gasteiger charge is 2.22. The Balaban J connectivity index is 2.05. The summed E-state index contributed by atoms with van der Waals surface area (Å²) in [5, 5.41) is 0. The summed E-state index contributed by atoms with van der Waals surface area (Å²) in [6, 6.07) is 5.49. The third kappa shape index (κ3) is 3.75. The molecule has 1 amide bonds. The zero-order valence-corrected chi connectivity index (χ0v) is 13.7. The van der Waals surface area contributed by atoms with Gasteiger partial charge in [-0.2, -0.15) is 0 Å². The molecule has 4 heteroatoms. The van der Waals surface area contributed by atoms with E-state index in [1.165, 1.54) is 19.3 Å². The molecule has 1 aromatic rings.